The second-order valence-corrected chi connectivity index (χ2v) is 20.1. The molecular formula is C43H67N13O12S2. The molecule has 17 N–H and O–H groups in total. The molecule has 70 heavy (non-hydrogen) atoms. The van der Waals surface area contributed by atoms with E-state index >= 15 is 0 Å². The fraction of sp³-hybridized carbons (Fsp3) is 0.605. The lowest BCUT2D eigenvalue weighted by molar-refractivity contribution is -0.142. The monoisotopic (exact) mass is 1020 g/mol. The van der Waals surface area contributed by atoms with Crippen LogP contribution in [0.3, 0.4) is 0 Å². The van der Waals surface area contributed by atoms with E-state index in [9.17, 15) is 57.8 Å². The zero-order valence-corrected chi connectivity index (χ0v) is 41.2. The normalized spacial score (nSPS) is 24.2. The van der Waals surface area contributed by atoms with E-state index in [-0.39, 0.29) is 55.4 Å². The standard InChI is InChI=1S/C43H67N13O12S2/c1-5-22(4)35-54-40(65)28(16-23-8-10-24(57)11-9-23)49-36(61)25(44)19-69-70-20-30(52-39(64)29(17-33(46)59)50-38(63)26(12-13-32(45)58)53-43(68)55-35)42(67)56-14-6-7-31(56)41(66)51-27(15-21(2)3)37(62)48-18-34(47)60/h8-11,21-22,25-31,35,57H,5-7,12-20,44H2,1-4H3,(H2,45,58)(H2,46,59)(H2,47,60)(H,48,62)(H,49,61)(H,50,63)(H,51,66)(H,52,64)(H,54,65)(H2,53,55,68)/t22-,25-,26-,27-,28-,29-,30-,31-,35+/m0/s1. The SMILES string of the molecule is CC[C@H](C)[C@H]1NC(=O)N[C@@H](CCC(N)=O)C(=O)N[C@@H](CC(N)=O)C(=O)N[C@H](C(=O)N2CCC[C@H]2C(=O)N[C@@H](CC(C)C)C(=O)NCC(N)=O)CSSC[C@H](N)C(=O)N[C@@H](Cc2ccc(O)cc2)C(=O)N1. The Bertz CT molecular complexity index is 2070. The van der Waals surface area contributed by atoms with Crippen LogP contribution in [0.25, 0.3) is 0 Å². The lowest BCUT2D eigenvalue weighted by Crippen LogP contribution is -2.62. The minimum absolute atomic E-state index is 0.0379. The van der Waals surface area contributed by atoms with Crippen LogP contribution in [-0.2, 0) is 54.4 Å². The number of carbonyl (C=O) groups is 11. The molecule has 9 atom stereocenters. The molecule has 0 saturated carbocycles. The third-order valence-electron chi connectivity index (χ3n) is 11.3. The molecule has 0 unspecified atom stereocenters. The van der Waals surface area contributed by atoms with Crippen LogP contribution < -0.4 is 65.5 Å². The number of nitrogens with one attached hydrogen (secondary N) is 8. The molecule has 0 aliphatic carbocycles. The van der Waals surface area contributed by atoms with Crippen molar-refractivity contribution in [3.8, 4) is 5.75 Å². The number of nitrogens with two attached hydrogens (primary N) is 4. The van der Waals surface area contributed by atoms with Gasteiger partial charge in [-0.25, -0.2) is 4.79 Å². The molecule has 25 nitrogen and oxygen atoms in total. The van der Waals surface area contributed by atoms with E-state index in [1.54, 1.807) is 26.0 Å². The predicted molar refractivity (Wildman–Crippen MR) is 258 cm³/mol. The molecule has 0 aromatic heterocycles. The molecule has 388 valence electrons. The van der Waals surface area contributed by atoms with Gasteiger partial charge in [-0.2, -0.15) is 0 Å². The Kier molecular flexibility index (Phi) is 23.5. The molecule has 1 aromatic carbocycles. The number of carbonyl (C=O) groups excluding carboxylic acids is 11. The molecule has 12 amide bonds. The van der Waals surface area contributed by atoms with Crippen molar-refractivity contribution in [2.75, 3.05) is 24.6 Å². The van der Waals surface area contributed by atoms with Gasteiger partial charge in [-0.1, -0.05) is 61.4 Å². The van der Waals surface area contributed by atoms with Crippen LogP contribution in [0.4, 0.5) is 4.79 Å². The molecule has 27 heteroatoms. The van der Waals surface area contributed by atoms with Crippen molar-refractivity contribution in [3.05, 3.63) is 29.8 Å². The predicted octanol–water partition coefficient (Wildman–Crippen LogP) is -3.47. The lowest BCUT2D eigenvalue weighted by atomic mass is 10.0. The molecule has 2 heterocycles. The number of primary amides is 3. The van der Waals surface area contributed by atoms with Crippen LogP contribution in [0, 0.1) is 11.8 Å². The van der Waals surface area contributed by atoms with E-state index < -0.39 is 139 Å². The second-order valence-electron chi connectivity index (χ2n) is 17.5. The van der Waals surface area contributed by atoms with Crippen molar-refractivity contribution in [3.63, 3.8) is 0 Å². The smallest absolute Gasteiger partial charge is 0.317 e. The van der Waals surface area contributed by atoms with E-state index in [1.165, 1.54) is 17.0 Å². The number of benzene rings is 1. The number of urea groups is 1. The minimum Gasteiger partial charge on any atom is -0.508 e. The molecule has 2 aliphatic rings. The average Bonchev–Trinajstić information content (AvgIpc) is 3.79. The maximum atomic E-state index is 14.5. The lowest BCUT2D eigenvalue weighted by Gasteiger charge is -2.31. The van der Waals surface area contributed by atoms with Crippen molar-refractivity contribution in [2.45, 2.75) is 128 Å². The molecule has 2 fully saturated rings. The zero-order chi connectivity index (χ0) is 52.2. The van der Waals surface area contributed by atoms with Crippen molar-refractivity contribution >= 4 is 86.7 Å². The molecule has 3 rings (SSSR count). The summed E-state index contributed by atoms with van der Waals surface area (Å²) in [5.74, 6) is -9.31. The Balaban J connectivity index is 2.04. The number of hydrogen-bond donors (Lipinski definition) is 13. The largest absolute Gasteiger partial charge is 0.508 e. The first-order valence-corrected chi connectivity index (χ1v) is 25.3. The third kappa shape index (κ3) is 19.2. The number of phenols is 1. The number of hydrogen-bond acceptors (Lipinski definition) is 15. The number of nitrogens with zero attached hydrogens (tertiary/aromatic N) is 1. The van der Waals surface area contributed by atoms with Gasteiger partial charge in [0.05, 0.1) is 19.0 Å². The van der Waals surface area contributed by atoms with Gasteiger partial charge in [0, 0.05) is 30.9 Å². The first-order valence-electron chi connectivity index (χ1n) is 22.8. The number of phenolic OH excluding ortho intramolecular Hbond substituents is 1. The van der Waals surface area contributed by atoms with E-state index in [2.05, 4.69) is 42.5 Å². The van der Waals surface area contributed by atoms with E-state index in [0.717, 1.165) is 21.6 Å². The summed E-state index contributed by atoms with van der Waals surface area (Å²) in [6.45, 7) is 6.70. The quantitative estimate of drug-likeness (QED) is 0.0675. The van der Waals surface area contributed by atoms with Gasteiger partial charge in [-0.15, -0.1) is 0 Å². The molecule has 1 aromatic rings. The summed E-state index contributed by atoms with van der Waals surface area (Å²) in [7, 11) is 2.04. The summed E-state index contributed by atoms with van der Waals surface area (Å²) in [5.41, 5.74) is 22.9. The Labute approximate surface area is 413 Å². The molecule has 0 bridgehead atoms. The second kappa shape index (κ2) is 28.3. The van der Waals surface area contributed by atoms with Crippen LogP contribution in [0.2, 0.25) is 0 Å². The molecule has 2 aliphatic heterocycles. The van der Waals surface area contributed by atoms with Crippen LogP contribution >= 0.6 is 21.6 Å². The molecule has 0 spiro atoms. The number of likely N-dealkylation sites (tertiary alicyclic amines) is 1. The van der Waals surface area contributed by atoms with Gasteiger partial charge < -0.3 is 75.5 Å². The van der Waals surface area contributed by atoms with Crippen LogP contribution in [-0.4, -0.2) is 148 Å². The maximum Gasteiger partial charge on any atom is 0.317 e. The minimum atomic E-state index is -1.75. The van der Waals surface area contributed by atoms with Gasteiger partial charge in [0.2, 0.25) is 59.1 Å². The van der Waals surface area contributed by atoms with E-state index in [4.69, 9.17) is 22.9 Å². The van der Waals surface area contributed by atoms with Crippen molar-refractivity contribution in [1.82, 2.24) is 47.4 Å². The van der Waals surface area contributed by atoms with Crippen LogP contribution in [0.1, 0.15) is 78.2 Å². The third-order valence-corrected chi connectivity index (χ3v) is 13.7. The summed E-state index contributed by atoms with van der Waals surface area (Å²) < 4.78 is 0. The van der Waals surface area contributed by atoms with Gasteiger partial charge >= 0.3 is 6.03 Å². The molecule has 2 saturated heterocycles. The molecular weight excluding hydrogens is 955 g/mol. The summed E-state index contributed by atoms with van der Waals surface area (Å²) in [6.07, 6.45) is -1.70. The molecule has 0 radical (unpaired) electrons. The fourth-order valence-corrected chi connectivity index (χ4v) is 9.55. The zero-order valence-electron chi connectivity index (χ0n) is 39.6. The highest BCUT2D eigenvalue weighted by molar-refractivity contribution is 8.76. The fourth-order valence-electron chi connectivity index (χ4n) is 7.28. The van der Waals surface area contributed by atoms with Gasteiger partial charge in [-0.3, -0.25) is 47.9 Å². The summed E-state index contributed by atoms with van der Waals surface area (Å²) >= 11 is 0. The van der Waals surface area contributed by atoms with Gasteiger partial charge in [0.15, 0.2) is 0 Å². The van der Waals surface area contributed by atoms with Crippen molar-refractivity contribution < 1.29 is 57.8 Å². The Hall–Kier alpha value is -6.35. The van der Waals surface area contributed by atoms with Gasteiger partial charge in [0.1, 0.15) is 48.2 Å². The topological polar surface area (TPSA) is 412 Å². The van der Waals surface area contributed by atoms with Crippen molar-refractivity contribution in [1.29, 1.82) is 0 Å². The maximum absolute atomic E-state index is 14.5. The average molecular weight is 1020 g/mol. The van der Waals surface area contributed by atoms with E-state index in [1.807, 2.05) is 13.8 Å². The number of rotatable bonds is 17. The van der Waals surface area contributed by atoms with Crippen LogP contribution in [0.15, 0.2) is 24.3 Å². The summed E-state index contributed by atoms with van der Waals surface area (Å²) in [5, 5.41) is 30.3. The first kappa shape index (κ1) is 58.0. The first-order chi connectivity index (χ1) is 33.0. The Morgan fingerprint density at radius 3 is 2.03 bits per heavy atom. The Morgan fingerprint density at radius 1 is 0.786 bits per heavy atom. The van der Waals surface area contributed by atoms with E-state index in [0.29, 0.717) is 18.4 Å². The Morgan fingerprint density at radius 2 is 1.41 bits per heavy atom. The summed E-state index contributed by atoms with van der Waals surface area (Å²) in [4.78, 5) is 147. The highest BCUT2D eigenvalue weighted by Crippen LogP contribution is 2.26. The van der Waals surface area contributed by atoms with Gasteiger partial charge in [-0.05, 0) is 61.6 Å². The summed E-state index contributed by atoms with van der Waals surface area (Å²) in [6, 6.07) is -4.65. The highest BCUT2D eigenvalue weighted by Gasteiger charge is 2.40. The highest BCUT2D eigenvalue weighted by atomic mass is 33.1. The number of aromatic hydroxyl groups is 1. The van der Waals surface area contributed by atoms with Crippen molar-refractivity contribution in [2.24, 2.45) is 34.8 Å². The number of amides is 12. The van der Waals surface area contributed by atoms with Crippen LogP contribution in [0.5, 0.6) is 5.75 Å². The van der Waals surface area contributed by atoms with Gasteiger partial charge in [0.25, 0.3) is 0 Å².